The van der Waals surface area contributed by atoms with Crippen molar-refractivity contribution in [2.45, 2.75) is 45.8 Å². The highest BCUT2D eigenvalue weighted by Gasteiger charge is 2.19. The van der Waals surface area contributed by atoms with Gasteiger partial charge in [0, 0.05) is 30.7 Å². The van der Waals surface area contributed by atoms with Crippen LogP contribution < -0.4 is 10.6 Å². The van der Waals surface area contributed by atoms with Gasteiger partial charge in [0.1, 0.15) is 5.69 Å². The Morgan fingerprint density at radius 2 is 1.96 bits per heavy atom. The van der Waals surface area contributed by atoms with E-state index in [9.17, 15) is 4.79 Å². The molecule has 1 aromatic heterocycles. The molecular weight excluding hydrogens is 312 g/mol. The van der Waals surface area contributed by atoms with Gasteiger partial charge in [-0.2, -0.15) is 5.10 Å². The van der Waals surface area contributed by atoms with Gasteiger partial charge >= 0.3 is 0 Å². The first-order chi connectivity index (χ1) is 10.4. The molecule has 0 saturated heterocycles. The van der Waals surface area contributed by atoms with E-state index in [1.54, 1.807) is 0 Å². The van der Waals surface area contributed by atoms with Crippen molar-refractivity contribution in [3.8, 4) is 0 Å². The summed E-state index contributed by atoms with van der Waals surface area (Å²) in [7, 11) is 0. The number of aromatic amines is 1. The van der Waals surface area contributed by atoms with Gasteiger partial charge in [0.15, 0.2) is 0 Å². The maximum absolute atomic E-state index is 12.2. The van der Waals surface area contributed by atoms with Crippen molar-refractivity contribution < 1.29 is 4.79 Å². The van der Waals surface area contributed by atoms with E-state index >= 15 is 0 Å². The molecule has 2 aromatic rings. The maximum Gasteiger partial charge on any atom is 0.272 e. The molecular formula is C17H23ClN4O. The lowest BCUT2D eigenvalue weighted by Gasteiger charge is -2.14. The lowest BCUT2D eigenvalue weighted by atomic mass is 9.92. The number of carbonyl (C=O) groups excluding carboxylic acids is 1. The zero-order chi connectivity index (χ0) is 15.7. The molecule has 2 heterocycles. The first-order valence-electron chi connectivity index (χ1n) is 7.59. The predicted octanol–water partition coefficient (Wildman–Crippen LogP) is 2.66. The Kier molecular flexibility index (Phi) is 5.12. The number of hydrogen-bond donors (Lipinski definition) is 3. The van der Waals surface area contributed by atoms with Crippen LogP contribution in [0.3, 0.4) is 0 Å². The molecule has 0 saturated carbocycles. The van der Waals surface area contributed by atoms with Gasteiger partial charge in [0.05, 0.1) is 0 Å². The smallest absolute Gasteiger partial charge is 0.272 e. The number of H-pyrrole nitrogens is 1. The molecule has 0 unspecified atom stereocenters. The van der Waals surface area contributed by atoms with Crippen LogP contribution in [0.2, 0.25) is 0 Å². The summed E-state index contributed by atoms with van der Waals surface area (Å²) in [5.74, 6) is -0.148. The van der Waals surface area contributed by atoms with Crippen LogP contribution in [-0.2, 0) is 25.0 Å². The van der Waals surface area contributed by atoms with E-state index in [0.29, 0.717) is 12.2 Å². The third kappa shape index (κ3) is 3.92. The third-order valence-electron chi connectivity index (χ3n) is 3.97. The van der Waals surface area contributed by atoms with Gasteiger partial charge in [0.25, 0.3) is 5.91 Å². The molecule has 0 atom stereocenters. The molecule has 124 valence electrons. The molecule has 0 aliphatic carbocycles. The second kappa shape index (κ2) is 6.72. The second-order valence-corrected chi connectivity index (χ2v) is 6.81. The molecule has 3 N–H and O–H groups in total. The average Bonchev–Trinajstić information content (AvgIpc) is 3.12. The fourth-order valence-corrected chi connectivity index (χ4v) is 2.55. The van der Waals surface area contributed by atoms with Crippen molar-refractivity contribution in [2.75, 3.05) is 0 Å². The zero-order valence-electron chi connectivity index (χ0n) is 13.7. The van der Waals surface area contributed by atoms with Crippen LogP contribution in [0.1, 0.15) is 53.6 Å². The molecule has 1 amide bonds. The molecule has 5 nitrogen and oxygen atoms in total. The Balaban J connectivity index is 0.00000192. The van der Waals surface area contributed by atoms with E-state index in [-0.39, 0.29) is 23.7 Å². The second-order valence-electron chi connectivity index (χ2n) is 6.81. The van der Waals surface area contributed by atoms with Crippen LogP contribution >= 0.6 is 12.4 Å². The van der Waals surface area contributed by atoms with Gasteiger partial charge in [-0.15, -0.1) is 12.4 Å². The molecule has 23 heavy (non-hydrogen) atoms. The van der Waals surface area contributed by atoms with Gasteiger partial charge in [-0.25, -0.2) is 0 Å². The largest absolute Gasteiger partial charge is 0.347 e. The average molecular weight is 335 g/mol. The van der Waals surface area contributed by atoms with Crippen LogP contribution in [-0.4, -0.2) is 16.1 Å². The van der Waals surface area contributed by atoms with Crippen LogP contribution in [0.25, 0.3) is 0 Å². The summed E-state index contributed by atoms with van der Waals surface area (Å²) in [5.41, 5.74) is 5.13. The minimum Gasteiger partial charge on any atom is -0.347 e. The molecule has 0 spiro atoms. The topological polar surface area (TPSA) is 69.8 Å². The maximum atomic E-state index is 12.2. The van der Waals surface area contributed by atoms with E-state index in [4.69, 9.17) is 0 Å². The van der Waals surface area contributed by atoms with E-state index < -0.39 is 0 Å². The third-order valence-corrected chi connectivity index (χ3v) is 3.97. The number of hydrogen-bond acceptors (Lipinski definition) is 3. The van der Waals surface area contributed by atoms with Crippen molar-refractivity contribution in [2.24, 2.45) is 0 Å². The first-order valence-corrected chi connectivity index (χ1v) is 7.59. The number of benzene rings is 1. The molecule has 1 aromatic carbocycles. The highest BCUT2D eigenvalue weighted by molar-refractivity contribution is 5.92. The standard InChI is InChI=1S/C17H22N4O.ClH/c1-17(2,3)15-7-14(20-21-15)16(22)19-8-11-4-5-12-9-18-10-13(12)6-11;/h4-7,18H,8-10H2,1-3H3,(H,19,22)(H,20,21);1H. The molecule has 6 heteroatoms. The summed E-state index contributed by atoms with van der Waals surface area (Å²) in [6.07, 6.45) is 0. The Morgan fingerprint density at radius 3 is 2.65 bits per heavy atom. The predicted molar refractivity (Wildman–Crippen MR) is 92.7 cm³/mol. The van der Waals surface area contributed by atoms with E-state index in [0.717, 1.165) is 24.3 Å². The Labute approximate surface area is 142 Å². The van der Waals surface area contributed by atoms with Crippen molar-refractivity contribution >= 4 is 18.3 Å². The Bertz CT molecular complexity index is 703. The van der Waals surface area contributed by atoms with E-state index in [1.165, 1.54) is 11.1 Å². The summed E-state index contributed by atoms with van der Waals surface area (Å²) < 4.78 is 0. The number of fused-ring (bicyclic) bond motifs is 1. The molecule has 0 radical (unpaired) electrons. The minimum absolute atomic E-state index is 0. The van der Waals surface area contributed by atoms with Gasteiger partial charge in [-0.1, -0.05) is 39.0 Å². The molecule has 1 aliphatic rings. The number of carbonyl (C=O) groups is 1. The monoisotopic (exact) mass is 334 g/mol. The lowest BCUT2D eigenvalue weighted by Crippen LogP contribution is -2.23. The molecule has 1 aliphatic heterocycles. The van der Waals surface area contributed by atoms with Crippen molar-refractivity contribution in [3.05, 3.63) is 52.3 Å². The highest BCUT2D eigenvalue weighted by atomic mass is 35.5. The normalized spacial score (nSPS) is 13.3. The summed E-state index contributed by atoms with van der Waals surface area (Å²) >= 11 is 0. The quantitative estimate of drug-likeness (QED) is 0.808. The number of rotatable bonds is 3. The molecule has 3 rings (SSSR count). The fourth-order valence-electron chi connectivity index (χ4n) is 2.55. The van der Waals surface area contributed by atoms with E-state index in [1.807, 2.05) is 6.07 Å². The summed E-state index contributed by atoms with van der Waals surface area (Å²) in [6, 6.07) is 8.17. The number of halogens is 1. The van der Waals surface area contributed by atoms with Crippen molar-refractivity contribution in [1.82, 2.24) is 20.8 Å². The SMILES string of the molecule is CC(C)(C)c1cc(C(=O)NCc2ccc3c(c2)CNC3)n[nH]1.Cl. The summed E-state index contributed by atoms with van der Waals surface area (Å²) in [5, 5.41) is 13.3. The number of amides is 1. The van der Waals surface area contributed by atoms with Crippen LogP contribution in [0.5, 0.6) is 0 Å². The van der Waals surface area contributed by atoms with Gasteiger partial charge in [0.2, 0.25) is 0 Å². The number of nitrogens with zero attached hydrogens (tertiary/aromatic N) is 1. The molecule has 0 fully saturated rings. The summed E-state index contributed by atoms with van der Waals surface area (Å²) in [6.45, 7) is 8.61. The highest BCUT2D eigenvalue weighted by Crippen LogP contribution is 2.20. The van der Waals surface area contributed by atoms with Crippen LogP contribution in [0.15, 0.2) is 24.3 Å². The lowest BCUT2D eigenvalue weighted by molar-refractivity contribution is 0.0946. The van der Waals surface area contributed by atoms with Gasteiger partial charge in [-0.3, -0.25) is 9.89 Å². The zero-order valence-corrected chi connectivity index (χ0v) is 14.5. The fraction of sp³-hybridized carbons (Fsp3) is 0.412. The van der Waals surface area contributed by atoms with Gasteiger partial charge < -0.3 is 10.6 Å². The number of nitrogens with one attached hydrogen (secondary N) is 3. The van der Waals surface area contributed by atoms with Gasteiger partial charge in [-0.05, 0) is 22.8 Å². The van der Waals surface area contributed by atoms with E-state index in [2.05, 4.69) is 59.8 Å². The number of aromatic nitrogens is 2. The van der Waals surface area contributed by atoms with Crippen molar-refractivity contribution in [1.29, 1.82) is 0 Å². The van der Waals surface area contributed by atoms with Crippen LogP contribution in [0.4, 0.5) is 0 Å². The summed E-state index contributed by atoms with van der Waals surface area (Å²) in [4.78, 5) is 12.2. The first kappa shape index (κ1) is 17.5. The van der Waals surface area contributed by atoms with Crippen molar-refractivity contribution in [3.63, 3.8) is 0 Å². The Hall–Kier alpha value is -1.85. The van der Waals surface area contributed by atoms with Crippen LogP contribution in [0, 0.1) is 0 Å². The molecule has 0 bridgehead atoms. The minimum atomic E-state index is -0.148. The Morgan fingerprint density at radius 1 is 1.22 bits per heavy atom.